The van der Waals surface area contributed by atoms with E-state index in [2.05, 4.69) is 27.0 Å². The number of hydrogen-bond acceptors (Lipinski definition) is 8. The summed E-state index contributed by atoms with van der Waals surface area (Å²) in [4.78, 5) is 12.3. The minimum atomic E-state index is -0.587. The Labute approximate surface area is 158 Å². The number of nitrogen functional groups attached to an aromatic ring is 3. The van der Waals surface area contributed by atoms with Gasteiger partial charge in [-0.15, -0.1) is 0 Å². The summed E-state index contributed by atoms with van der Waals surface area (Å²) in [5.74, 6) is -0.381. The van der Waals surface area contributed by atoms with Crippen molar-refractivity contribution in [3.8, 4) is 11.3 Å². The third kappa shape index (κ3) is 2.37. The van der Waals surface area contributed by atoms with Gasteiger partial charge in [-0.25, -0.2) is 9.07 Å². The molecule has 0 spiro atoms. The summed E-state index contributed by atoms with van der Waals surface area (Å²) in [6.07, 6.45) is 3.37. The fourth-order valence-corrected chi connectivity index (χ4v) is 3.88. The van der Waals surface area contributed by atoms with Crippen LogP contribution in [-0.4, -0.2) is 24.7 Å². The van der Waals surface area contributed by atoms with Crippen LogP contribution in [0.2, 0.25) is 0 Å². The predicted molar refractivity (Wildman–Crippen MR) is 103 cm³/mol. The van der Waals surface area contributed by atoms with Crippen molar-refractivity contribution in [2.75, 3.05) is 17.2 Å². The van der Waals surface area contributed by atoms with Gasteiger partial charge < -0.3 is 21.6 Å². The maximum Gasteiger partial charge on any atom is 0.293 e. The molecule has 1 aromatic carbocycles. The number of fused-ring (bicyclic) bond motifs is 2. The molecule has 0 aliphatic heterocycles. The number of nitrogens with two attached hydrogens (primary N) is 3. The number of nitrogens with zero attached hydrogens (tertiary/aromatic N) is 5. The lowest BCUT2D eigenvalue weighted by atomic mass is 9.70. The van der Waals surface area contributed by atoms with Crippen LogP contribution in [0.15, 0.2) is 16.5 Å². The van der Waals surface area contributed by atoms with Crippen molar-refractivity contribution in [2.24, 2.45) is 5.41 Å². The van der Waals surface area contributed by atoms with Gasteiger partial charge in [0.25, 0.3) is 6.01 Å². The Morgan fingerprint density at radius 2 is 1.96 bits per heavy atom. The smallest absolute Gasteiger partial charge is 0.293 e. The molecule has 144 valence electrons. The predicted octanol–water partition coefficient (Wildman–Crippen LogP) is 2.71. The van der Waals surface area contributed by atoms with Crippen LogP contribution in [0.1, 0.15) is 26.2 Å². The first-order chi connectivity index (χ1) is 13.3. The van der Waals surface area contributed by atoms with Crippen LogP contribution in [0, 0.1) is 11.2 Å². The lowest BCUT2D eigenvalue weighted by Gasteiger charge is -2.38. The zero-order valence-corrected chi connectivity index (χ0v) is 15.2. The minimum Gasteiger partial charge on any atom is -0.424 e. The molecular formula is C18H19FN8O. The van der Waals surface area contributed by atoms with E-state index in [1.807, 2.05) is 0 Å². The summed E-state index contributed by atoms with van der Waals surface area (Å²) in [6, 6.07) is 3.06. The number of aromatic nitrogens is 5. The molecule has 5 rings (SSSR count). The molecule has 0 amide bonds. The van der Waals surface area contributed by atoms with Gasteiger partial charge in [0.05, 0.1) is 5.39 Å². The van der Waals surface area contributed by atoms with E-state index >= 15 is 4.39 Å². The van der Waals surface area contributed by atoms with Crippen LogP contribution in [0.4, 0.5) is 22.2 Å². The number of oxazole rings is 1. The van der Waals surface area contributed by atoms with E-state index < -0.39 is 5.82 Å². The highest BCUT2D eigenvalue weighted by molar-refractivity contribution is 6.00. The molecule has 0 saturated heterocycles. The van der Waals surface area contributed by atoms with Gasteiger partial charge in [0.1, 0.15) is 17.0 Å². The summed E-state index contributed by atoms with van der Waals surface area (Å²) in [5, 5.41) is 5.12. The molecule has 1 saturated carbocycles. The van der Waals surface area contributed by atoms with E-state index in [1.165, 1.54) is 6.42 Å². The molecule has 0 unspecified atom stereocenters. The van der Waals surface area contributed by atoms with Gasteiger partial charge >= 0.3 is 0 Å². The molecule has 0 bridgehead atoms. The van der Waals surface area contributed by atoms with Crippen LogP contribution in [0.5, 0.6) is 0 Å². The molecule has 10 heteroatoms. The average Bonchev–Trinajstić information content (AvgIpc) is 3.15. The van der Waals surface area contributed by atoms with Crippen LogP contribution < -0.4 is 17.2 Å². The second-order valence-electron chi connectivity index (χ2n) is 7.66. The number of anilines is 3. The highest BCUT2D eigenvalue weighted by Gasteiger charge is 2.34. The standard InChI is InChI=1S/C18H19FN8O/c1-18(5-2-6-18)7-27-15-10(14(20)24-16(21)25-15)12(26-27)8-3-4-9-13(11(8)19)23-17(22)28-9/h3-4H,2,5-7H2,1H3,(H2,22,23)(H4,20,21,24,25). The first kappa shape index (κ1) is 16.7. The molecular weight excluding hydrogens is 363 g/mol. The first-order valence-electron chi connectivity index (χ1n) is 8.99. The molecule has 6 N–H and O–H groups in total. The second kappa shape index (κ2) is 5.54. The number of rotatable bonds is 3. The lowest BCUT2D eigenvalue weighted by Crippen LogP contribution is -2.31. The molecule has 28 heavy (non-hydrogen) atoms. The van der Waals surface area contributed by atoms with E-state index in [4.69, 9.17) is 21.6 Å². The lowest BCUT2D eigenvalue weighted by molar-refractivity contribution is 0.128. The third-order valence-corrected chi connectivity index (χ3v) is 5.50. The normalized spacial score (nSPS) is 15.9. The van der Waals surface area contributed by atoms with Gasteiger partial charge in [-0.05, 0) is 30.4 Å². The van der Waals surface area contributed by atoms with Crippen LogP contribution in [0.3, 0.4) is 0 Å². The van der Waals surface area contributed by atoms with E-state index in [-0.39, 0.29) is 39.9 Å². The molecule has 3 heterocycles. The summed E-state index contributed by atoms with van der Waals surface area (Å²) in [7, 11) is 0. The van der Waals surface area contributed by atoms with E-state index in [0.29, 0.717) is 23.3 Å². The quantitative estimate of drug-likeness (QED) is 0.490. The number of benzene rings is 1. The van der Waals surface area contributed by atoms with Crippen molar-refractivity contribution >= 4 is 39.9 Å². The molecule has 1 aliphatic carbocycles. The van der Waals surface area contributed by atoms with Crippen molar-refractivity contribution in [3.63, 3.8) is 0 Å². The number of halogens is 1. The van der Waals surface area contributed by atoms with Crippen LogP contribution in [-0.2, 0) is 6.54 Å². The van der Waals surface area contributed by atoms with Crippen LogP contribution >= 0.6 is 0 Å². The summed E-state index contributed by atoms with van der Waals surface area (Å²) in [6.45, 7) is 2.84. The molecule has 1 aliphatic rings. The summed E-state index contributed by atoms with van der Waals surface area (Å²) >= 11 is 0. The van der Waals surface area contributed by atoms with E-state index in [1.54, 1.807) is 16.8 Å². The average molecular weight is 382 g/mol. The Kier molecular flexibility index (Phi) is 3.31. The molecule has 9 nitrogen and oxygen atoms in total. The van der Waals surface area contributed by atoms with Gasteiger partial charge in [-0.1, -0.05) is 13.3 Å². The molecule has 1 fully saturated rings. The van der Waals surface area contributed by atoms with Crippen molar-refractivity contribution in [3.05, 3.63) is 17.9 Å². The van der Waals surface area contributed by atoms with Gasteiger partial charge in [-0.2, -0.15) is 20.1 Å². The van der Waals surface area contributed by atoms with Crippen molar-refractivity contribution < 1.29 is 8.81 Å². The highest BCUT2D eigenvalue weighted by Crippen LogP contribution is 2.43. The zero-order valence-electron chi connectivity index (χ0n) is 15.2. The molecule has 0 radical (unpaired) electrons. The van der Waals surface area contributed by atoms with Crippen molar-refractivity contribution in [1.29, 1.82) is 0 Å². The Hall–Kier alpha value is -3.43. The summed E-state index contributed by atoms with van der Waals surface area (Å²) in [5.41, 5.74) is 19.0. The topological polar surface area (TPSA) is 148 Å². The molecule has 0 atom stereocenters. The Balaban J connectivity index is 1.76. The SMILES string of the molecule is CC1(Cn2nc(-c3ccc4oc(N)nc4c3F)c3c(N)nc(N)nc32)CCC1. The largest absolute Gasteiger partial charge is 0.424 e. The first-order valence-corrected chi connectivity index (χ1v) is 8.99. The van der Waals surface area contributed by atoms with Crippen molar-refractivity contribution in [2.45, 2.75) is 32.7 Å². The summed E-state index contributed by atoms with van der Waals surface area (Å²) < 4.78 is 22.1. The van der Waals surface area contributed by atoms with E-state index in [0.717, 1.165) is 12.8 Å². The van der Waals surface area contributed by atoms with Gasteiger partial charge in [0, 0.05) is 12.1 Å². The van der Waals surface area contributed by atoms with Gasteiger partial charge in [0.2, 0.25) is 5.95 Å². The number of hydrogen-bond donors (Lipinski definition) is 3. The van der Waals surface area contributed by atoms with E-state index in [9.17, 15) is 0 Å². The molecule has 4 aromatic rings. The fraction of sp³-hybridized carbons (Fsp3) is 0.333. The van der Waals surface area contributed by atoms with Crippen molar-refractivity contribution in [1.82, 2.24) is 24.7 Å². The van der Waals surface area contributed by atoms with Gasteiger partial charge in [-0.3, -0.25) is 0 Å². The maximum absolute atomic E-state index is 15.2. The van der Waals surface area contributed by atoms with Crippen LogP contribution in [0.25, 0.3) is 33.4 Å². The monoisotopic (exact) mass is 382 g/mol. The molecule has 3 aromatic heterocycles. The Morgan fingerprint density at radius 3 is 2.68 bits per heavy atom. The maximum atomic E-state index is 15.2. The second-order valence-corrected chi connectivity index (χ2v) is 7.66. The highest BCUT2D eigenvalue weighted by atomic mass is 19.1. The zero-order chi connectivity index (χ0) is 19.6. The Bertz CT molecular complexity index is 1240. The van der Waals surface area contributed by atoms with Gasteiger partial charge in [0.15, 0.2) is 17.0 Å². The Morgan fingerprint density at radius 1 is 1.18 bits per heavy atom. The minimum absolute atomic E-state index is 0.0404. The third-order valence-electron chi connectivity index (χ3n) is 5.50. The fourth-order valence-electron chi connectivity index (χ4n) is 3.88.